The van der Waals surface area contributed by atoms with Crippen molar-refractivity contribution in [1.82, 2.24) is 0 Å². The standard InChI is InChI=1S/C27H44O2/c1-16(7-8-19(4)28)22-9-10-23-25-17(2)13-20-15-21(29)11-12-26(20,5)24(25)14-18(3)27(22,23)6/h16-18,20,22-25H,7-15H2,1-6H3/t16-,17-,18+,20-,22-,23+,24+,25+,26+,27-/m1/s1. The Morgan fingerprint density at radius 1 is 1.14 bits per heavy atom. The molecule has 0 aromatic carbocycles. The van der Waals surface area contributed by atoms with Crippen molar-refractivity contribution in [3.8, 4) is 0 Å². The summed E-state index contributed by atoms with van der Waals surface area (Å²) >= 11 is 0. The maximum atomic E-state index is 12.2. The second-order valence-corrected chi connectivity index (χ2v) is 12.4. The first-order valence-electron chi connectivity index (χ1n) is 12.6. The molecule has 10 atom stereocenters. The zero-order chi connectivity index (χ0) is 21.1. The summed E-state index contributed by atoms with van der Waals surface area (Å²) in [7, 11) is 0. The average molecular weight is 401 g/mol. The van der Waals surface area contributed by atoms with Gasteiger partial charge in [0.1, 0.15) is 11.6 Å². The van der Waals surface area contributed by atoms with Gasteiger partial charge in [0, 0.05) is 19.3 Å². The monoisotopic (exact) mass is 400 g/mol. The summed E-state index contributed by atoms with van der Waals surface area (Å²) in [5.74, 6) is 6.92. The maximum Gasteiger partial charge on any atom is 0.133 e. The summed E-state index contributed by atoms with van der Waals surface area (Å²) in [6, 6.07) is 0. The normalized spacial score (nSPS) is 50.4. The van der Waals surface area contributed by atoms with Crippen LogP contribution in [-0.2, 0) is 9.59 Å². The van der Waals surface area contributed by atoms with Gasteiger partial charge in [-0.15, -0.1) is 0 Å². The highest BCUT2D eigenvalue weighted by Gasteiger charge is 2.64. The fourth-order valence-corrected chi connectivity index (χ4v) is 9.37. The summed E-state index contributed by atoms with van der Waals surface area (Å²) in [6.45, 7) is 14.4. The van der Waals surface area contributed by atoms with E-state index in [4.69, 9.17) is 0 Å². The van der Waals surface area contributed by atoms with E-state index in [1.807, 2.05) is 0 Å². The Hall–Kier alpha value is -0.660. The molecule has 0 bridgehead atoms. The van der Waals surface area contributed by atoms with Crippen molar-refractivity contribution in [2.45, 2.75) is 99.3 Å². The van der Waals surface area contributed by atoms with Crippen molar-refractivity contribution in [3.05, 3.63) is 0 Å². The molecule has 4 aliphatic carbocycles. The van der Waals surface area contributed by atoms with Gasteiger partial charge < -0.3 is 4.79 Å². The first-order chi connectivity index (χ1) is 13.6. The molecule has 0 N–H and O–H groups in total. The first-order valence-corrected chi connectivity index (χ1v) is 12.6. The van der Waals surface area contributed by atoms with Gasteiger partial charge in [0.15, 0.2) is 0 Å². The molecule has 4 saturated carbocycles. The van der Waals surface area contributed by atoms with Crippen LogP contribution >= 0.6 is 0 Å². The molecule has 2 heteroatoms. The zero-order valence-corrected chi connectivity index (χ0v) is 19.8. The number of hydrogen-bond donors (Lipinski definition) is 0. The van der Waals surface area contributed by atoms with Gasteiger partial charge >= 0.3 is 0 Å². The molecule has 29 heavy (non-hydrogen) atoms. The largest absolute Gasteiger partial charge is 0.300 e. The van der Waals surface area contributed by atoms with Gasteiger partial charge in [-0.05, 0) is 104 Å². The minimum Gasteiger partial charge on any atom is -0.300 e. The van der Waals surface area contributed by atoms with Crippen molar-refractivity contribution >= 4 is 11.6 Å². The van der Waals surface area contributed by atoms with Crippen molar-refractivity contribution in [3.63, 3.8) is 0 Å². The summed E-state index contributed by atoms with van der Waals surface area (Å²) in [4.78, 5) is 23.8. The molecule has 0 unspecified atom stereocenters. The van der Waals surface area contributed by atoms with Crippen LogP contribution in [0.25, 0.3) is 0 Å². The van der Waals surface area contributed by atoms with Crippen molar-refractivity contribution in [2.24, 2.45) is 58.2 Å². The highest BCUT2D eigenvalue weighted by atomic mass is 16.1. The van der Waals surface area contributed by atoms with Crippen LogP contribution in [0.2, 0.25) is 0 Å². The van der Waals surface area contributed by atoms with Gasteiger partial charge in [-0.3, -0.25) is 4.79 Å². The molecule has 4 rings (SSSR count). The van der Waals surface area contributed by atoms with E-state index in [1.165, 1.54) is 25.7 Å². The molecule has 0 aromatic heterocycles. The molecule has 0 aromatic rings. The summed E-state index contributed by atoms with van der Waals surface area (Å²) < 4.78 is 0. The molecule has 0 radical (unpaired) electrons. The molecule has 2 nitrogen and oxygen atoms in total. The number of hydrogen-bond acceptors (Lipinski definition) is 2. The Kier molecular flexibility index (Phi) is 5.57. The van der Waals surface area contributed by atoms with E-state index in [0.29, 0.717) is 34.2 Å². The lowest BCUT2D eigenvalue weighted by Gasteiger charge is -2.64. The van der Waals surface area contributed by atoms with Gasteiger partial charge in [0.25, 0.3) is 0 Å². The molecule has 0 saturated heterocycles. The van der Waals surface area contributed by atoms with Crippen LogP contribution in [0.3, 0.4) is 0 Å². The van der Waals surface area contributed by atoms with Gasteiger partial charge in [-0.2, -0.15) is 0 Å². The number of Topliss-reactive ketones (excluding diaryl/α,β-unsaturated/α-hetero) is 2. The van der Waals surface area contributed by atoms with Gasteiger partial charge in [0.2, 0.25) is 0 Å². The molecule has 4 aliphatic rings. The fourth-order valence-electron chi connectivity index (χ4n) is 9.37. The zero-order valence-electron chi connectivity index (χ0n) is 19.8. The first kappa shape index (κ1) is 21.6. The Bertz CT molecular complexity index is 667. The van der Waals surface area contributed by atoms with Crippen LogP contribution in [0, 0.1) is 58.2 Å². The van der Waals surface area contributed by atoms with Crippen molar-refractivity contribution in [2.75, 3.05) is 0 Å². The van der Waals surface area contributed by atoms with E-state index in [-0.39, 0.29) is 0 Å². The molecule has 0 amide bonds. The van der Waals surface area contributed by atoms with Crippen molar-refractivity contribution < 1.29 is 9.59 Å². The van der Waals surface area contributed by atoms with E-state index in [2.05, 4.69) is 34.6 Å². The molecular formula is C27H44O2. The highest BCUT2D eigenvalue weighted by Crippen LogP contribution is 2.70. The van der Waals surface area contributed by atoms with E-state index in [1.54, 1.807) is 6.92 Å². The minimum atomic E-state index is 0.347. The molecular weight excluding hydrogens is 356 g/mol. The minimum absolute atomic E-state index is 0.347. The third kappa shape index (κ3) is 3.26. The maximum absolute atomic E-state index is 12.2. The Morgan fingerprint density at radius 3 is 2.55 bits per heavy atom. The topological polar surface area (TPSA) is 34.1 Å². The van der Waals surface area contributed by atoms with Gasteiger partial charge in [-0.1, -0.05) is 34.6 Å². The van der Waals surface area contributed by atoms with Crippen LogP contribution in [0.15, 0.2) is 0 Å². The number of fused-ring (bicyclic) bond motifs is 5. The quantitative estimate of drug-likeness (QED) is 0.525. The van der Waals surface area contributed by atoms with Crippen LogP contribution in [0.1, 0.15) is 99.3 Å². The van der Waals surface area contributed by atoms with Gasteiger partial charge in [0.05, 0.1) is 0 Å². The second kappa shape index (κ2) is 7.49. The Balaban J connectivity index is 1.61. The van der Waals surface area contributed by atoms with E-state index < -0.39 is 0 Å². The Morgan fingerprint density at radius 2 is 1.86 bits per heavy atom. The Labute approximate surface area is 179 Å². The predicted octanol–water partition coefficient (Wildman–Crippen LogP) is 6.71. The smallest absolute Gasteiger partial charge is 0.133 e. The van der Waals surface area contributed by atoms with E-state index in [0.717, 1.165) is 67.6 Å². The summed E-state index contributed by atoms with van der Waals surface area (Å²) in [5, 5.41) is 0. The van der Waals surface area contributed by atoms with Crippen LogP contribution in [0.5, 0.6) is 0 Å². The lowest BCUT2D eigenvalue weighted by atomic mass is 9.40. The molecule has 164 valence electrons. The van der Waals surface area contributed by atoms with E-state index in [9.17, 15) is 9.59 Å². The number of rotatable bonds is 4. The van der Waals surface area contributed by atoms with Gasteiger partial charge in [-0.25, -0.2) is 0 Å². The molecule has 0 spiro atoms. The highest BCUT2D eigenvalue weighted by molar-refractivity contribution is 5.79. The lowest BCUT2D eigenvalue weighted by Crippen LogP contribution is -2.58. The number of carbonyl (C=O) groups is 2. The third-order valence-electron chi connectivity index (χ3n) is 11.1. The van der Waals surface area contributed by atoms with E-state index >= 15 is 0 Å². The third-order valence-corrected chi connectivity index (χ3v) is 11.1. The predicted molar refractivity (Wildman–Crippen MR) is 118 cm³/mol. The summed E-state index contributed by atoms with van der Waals surface area (Å²) in [6.07, 6.45) is 10.0. The molecule has 0 aliphatic heterocycles. The average Bonchev–Trinajstić information content (AvgIpc) is 3.01. The van der Waals surface area contributed by atoms with Crippen LogP contribution in [0.4, 0.5) is 0 Å². The van der Waals surface area contributed by atoms with Crippen LogP contribution < -0.4 is 0 Å². The number of carbonyl (C=O) groups excluding carboxylic acids is 2. The molecule has 4 fully saturated rings. The fraction of sp³-hybridized carbons (Fsp3) is 0.926. The SMILES string of the molecule is CC(=O)CC[C@@H](C)[C@H]1CC[C@H]2[C@@H]3[C@H](C)C[C@@H]4CC(=O)CC[C@]4(C)[C@H]3C[C@H](C)[C@]12C. The van der Waals surface area contributed by atoms with Crippen molar-refractivity contribution in [1.29, 1.82) is 0 Å². The van der Waals surface area contributed by atoms with Crippen LogP contribution in [-0.4, -0.2) is 11.6 Å². The number of ketones is 2. The second-order valence-electron chi connectivity index (χ2n) is 12.4. The molecule has 0 heterocycles. The lowest BCUT2D eigenvalue weighted by molar-refractivity contribution is -0.164. The summed E-state index contributed by atoms with van der Waals surface area (Å²) in [5.41, 5.74) is 0.818.